The number of aromatic nitrogens is 4. The zero-order chi connectivity index (χ0) is 16.0. The van der Waals surface area contributed by atoms with Crippen LogP contribution in [-0.4, -0.2) is 14.1 Å². The molecule has 0 aliphatic carbocycles. The molecule has 2 aromatic heterocycles. The van der Waals surface area contributed by atoms with Gasteiger partial charge in [-0.3, -0.25) is 13.9 Å². The summed E-state index contributed by atoms with van der Waals surface area (Å²) in [5.74, 6) is 0. The van der Waals surface area contributed by atoms with Crippen LogP contribution in [0.3, 0.4) is 0 Å². The van der Waals surface area contributed by atoms with Crippen molar-refractivity contribution in [1.82, 2.24) is 14.1 Å². The van der Waals surface area contributed by atoms with E-state index >= 15 is 0 Å². The van der Waals surface area contributed by atoms with E-state index in [1.54, 1.807) is 30.8 Å². The maximum atomic E-state index is 12.3. The number of nitrogens with zero attached hydrogens (tertiary/aromatic N) is 3. The minimum Gasteiger partial charge on any atom is -0.264 e. The van der Waals surface area contributed by atoms with Crippen molar-refractivity contribution in [2.75, 3.05) is 0 Å². The van der Waals surface area contributed by atoms with Gasteiger partial charge in [-0.25, -0.2) is 14.3 Å². The van der Waals surface area contributed by atoms with Crippen molar-refractivity contribution in [1.29, 1.82) is 0 Å². The Labute approximate surface area is 135 Å². The zero-order valence-electron chi connectivity index (χ0n) is 12.3. The topological polar surface area (TPSA) is 63.7 Å². The molecule has 1 aromatic carbocycles. The lowest BCUT2D eigenvalue weighted by Gasteiger charge is -1.99. The summed E-state index contributed by atoms with van der Waals surface area (Å²) < 4.78 is 4.30. The van der Waals surface area contributed by atoms with Crippen LogP contribution in [0.25, 0.3) is 11.2 Å². The number of benzene rings is 1. The Morgan fingerprint density at radius 2 is 1.77 bits per heavy atom. The second kappa shape index (κ2) is 5.33. The summed E-state index contributed by atoms with van der Waals surface area (Å²) in [6.45, 7) is 0. The van der Waals surface area contributed by atoms with Crippen LogP contribution in [0, 0.1) is 0 Å². The van der Waals surface area contributed by atoms with Gasteiger partial charge in [-0.2, -0.15) is 0 Å². The molecule has 0 amide bonds. The fourth-order valence-electron chi connectivity index (χ4n) is 2.27. The highest BCUT2D eigenvalue weighted by Gasteiger charge is 2.24. The Balaban J connectivity index is 2.20. The van der Waals surface area contributed by atoms with Gasteiger partial charge < -0.3 is 0 Å². The Morgan fingerprint density at radius 1 is 1.14 bits per heavy atom. The molecule has 0 unspecified atom stereocenters. The summed E-state index contributed by atoms with van der Waals surface area (Å²) >= 11 is 7.35. The number of nitrogens with one attached hydrogen (secondary N) is 1. The second-order valence-electron chi connectivity index (χ2n) is 4.95. The highest BCUT2D eigenvalue weighted by molar-refractivity contribution is 7.99. The molecular formula is C14H14ClN4O2S+. The Kier molecular flexibility index (Phi) is 3.62. The van der Waals surface area contributed by atoms with E-state index in [1.807, 2.05) is 12.1 Å². The first-order valence-electron chi connectivity index (χ1n) is 6.51. The van der Waals surface area contributed by atoms with Crippen molar-refractivity contribution in [3.8, 4) is 0 Å². The van der Waals surface area contributed by atoms with Gasteiger partial charge in [0.2, 0.25) is 0 Å². The molecule has 0 aliphatic rings. The maximum absolute atomic E-state index is 12.3. The summed E-state index contributed by atoms with van der Waals surface area (Å²) in [5.41, 5.74) is 0.287. The van der Waals surface area contributed by atoms with Crippen LogP contribution in [0.4, 0.5) is 0 Å². The van der Waals surface area contributed by atoms with Gasteiger partial charge in [0.05, 0.1) is 7.05 Å². The molecule has 0 saturated carbocycles. The van der Waals surface area contributed by atoms with Crippen molar-refractivity contribution in [3.05, 3.63) is 50.1 Å². The van der Waals surface area contributed by atoms with Gasteiger partial charge in [0, 0.05) is 24.0 Å². The molecule has 6 nitrogen and oxygen atoms in total. The molecule has 0 saturated heterocycles. The Bertz CT molecular complexity index is 985. The lowest BCUT2D eigenvalue weighted by Crippen LogP contribution is -2.42. The molecule has 22 heavy (non-hydrogen) atoms. The van der Waals surface area contributed by atoms with E-state index in [9.17, 15) is 9.59 Å². The summed E-state index contributed by atoms with van der Waals surface area (Å²) in [5, 5.41) is 1.43. The van der Waals surface area contributed by atoms with E-state index in [-0.39, 0.29) is 11.2 Å². The summed E-state index contributed by atoms with van der Waals surface area (Å²) in [7, 11) is 4.91. The van der Waals surface area contributed by atoms with Crippen LogP contribution >= 0.6 is 23.4 Å². The van der Waals surface area contributed by atoms with Gasteiger partial charge in [0.25, 0.3) is 11.2 Å². The second-order valence-corrected chi connectivity index (χ2v) is 6.45. The Morgan fingerprint density at radius 3 is 2.41 bits per heavy atom. The molecule has 1 N–H and O–H groups in total. The van der Waals surface area contributed by atoms with Crippen LogP contribution in [0.5, 0.6) is 0 Å². The van der Waals surface area contributed by atoms with Gasteiger partial charge in [-0.15, -0.1) is 0 Å². The van der Waals surface area contributed by atoms with E-state index < -0.39 is 0 Å². The molecule has 114 valence electrons. The highest BCUT2D eigenvalue weighted by atomic mass is 35.5. The SMILES string of the molecule is Cn1c(=O)c2c([nH]c(Sc3ccc(Cl)cc3)[n+]2C)n(C)c1=O. The van der Waals surface area contributed by atoms with Crippen molar-refractivity contribution in [3.63, 3.8) is 0 Å². The molecule has 0 spiro atoms. The summed E-state index contributed by atoms with van der Waals surface area (Å²) in [6.07, 6.45) is 0. The van der Waals surface area contributed by atoms with Crippen molar-refractivity contribution in [2.24, 2.45) is 21.1 Å². The van der Waals surface area contributed by atoms with E-state index in [2.05, 4.69) is 4.98 Å². The average Bonchev–Trinajstić information content (AvgIpc) is 2.82. The zero-order valence-corrected chi connectivity index (χ0v) is 13.8. The molecule has 3 rings (SSSR count). The monoisotopic (exact) mass is 337 g/mol. The van der Waals surface area contributed by atoms with Crippen LogP contribution in [0.1, 0.15) is 0 Å². The lowest BCUT2D eigenvalue weighted by molar-refractivity contribution is -0.684. The number of halogens is 1. The molecule has 0 fully saturated rings. The number of H-pyrrole nitrogens is 1. The van der Waals surface area contributed by atoms with Gasteiger partial charge in [0.1, 0.15) is 0 Å². The van der Waals surface area contributed by atoms with Crippen LogP contribution in [0.2, 0.25) is 5.02 Å². The maximum Gasteiger partial charge on any atom is 0.333 e. The number of hydrogen-bond donors (Lipinski definition) is 1. The van der Waals surface area contributed by atoms with Crippen molar-refractivity contribution < 1.29 is 4.57 Å². The quantitative estimate of drug-likeness (QED) is 0.715. The Hall–Kier alpha value is -1.99. The molecule has 0 atom stereocenters. The summed E-state index contributed by atoms with van der Waals surface area (Å²) in [6, 6.07) is 7.41. The number of aromatic amines is 1. The molecule has 3 aromatic rings. The van der Waals surface area contributed by atoms with E-state index in [1.165, 1.54) is 23.4 Å². The normalized spacial score (nSPS) is 11.3. The van der Waals surface area contributed by atoms with E-state index in [4.69, 9.17) is 11.6 Å². The first-order chi connectivity index (χ1) is 10.4. The van der Waals surface area contributed by atoms with Gasteiger partial charge in [-0.1, -0.05) is 11.6 Å². The number of aryl methyl sites for hydroxylation is 2. The van der Waals surface area contributed by atoms with Crippen LogP contribution in [-0.2, 0) is 21.1 Å². The fraction of sp³-hybridized carbons (Fsp3) is 0.214. The summed E-state index contributed by atoms with van der Waals surface area (Å²) in [4.78, 5) is 28.4. The number of rotatable bonds is 2. The molecule has 0 bridgehead atoms. The third-order valence-electron chi connectivity index (χ3n) is 3.53. The van der Waals surface area contributed by atoms with Crippen LogP contribution < -0.4 is 15.8 Å². The molecular weight excluding hydrogens is 324 g/mol. The smallest absolute Gasteiger partial charge is 0.264 e. The first-order valence-corrected chi connectivity index (χ1v) is 7.70. The molecule has 8 heteroatoms. The highest BCUT2D eigenvalue weighted by Crippen LogP contribution is 2.26. The number of imidazole rings is 1. The van der Waals surface area contributed by atoms with Crippen molar-refractivity contribution in [2.45, 2.75) is 10.1 Å². The number of hydrogen-bond acceptors (Lipinski definition) is 3. The van der Waals surface area contributed by atoms with Gasteiger partial charge in [0.15, 0.2) is 0 Å². The standard InChI is InChI=1S/C14H13ClN4O2S/c1-17-10-11(18(2)14(21)19(3)12(10)20)16-13(17)22-9-6-4-8(15)5-7-9/h4-7H,1-3H3/p+1. The van der Waals surface area contributed by atoms with E-state index in [0.717, 1.165) is 14.6 Å². The minimum absolute atomic E-state index is 0.320. The van der Waals surface area contributed by atoms with Gasteiger partial charge >= 0.3 is 16.4 Å². The van der Waals surface area contributed by atoms with Crippen molar-refractivity contribution >= 4 is 34.5 Å². The lowest BCUT2D eigenvalue weighted by atomic mass is 10.4. The average molecular weight is 338 g/mol. The first kappa shape index (κ1) is 14.9. The number of fused-ring (bicyclic) bond motifs is 1. The molecule has 0 aliphatic heterocycles. The third kappa shape index (κ3) is 2.26. The molecule has 0 radical (unpaired) electrons. The van der Waals surface area contributed by atoms with E-state index in [0.29, 0.717) is 16.2 Å². The van der Waals surface area contributed by atoms with Crippen LogP contribution in [0.15, 0.2) is 43.9 Å². The predicted octanol–water partition coefficient (Wildman–Crippen LogP) is 1.19. The predicted molar refractivity (Wildman–Crippen MR) is 85.5 cm³/mol. The van der Waals surface area contributed by atoms with Gasteiger partial charge in [-0.05, 0) is 36.0 Å². The molecule has 2 heterocycles. The fourth-order valence-corrected chi connectivity index (χ4v) is 3.26. The minimum atomic E-state index is -0.359. The third-order valence-corrected chi connectivity index (χ3v) is 4.86. The largest absolute Gasteiger partial charge is 0.333 e.